The highest BCUT2D eigenvalue weighted by atomic mass is 19.1. The number of alkyl halides is 1. The maximum atomic E-state index is 12.9. The molecule has 1 aliphatic rings. The Hall–Kier alpha value is -0.110. The fourth-order valence-electron chi connectivity index (χ4n) is 0.954. The molecule has 0 spiro atoms. The second-order valence-corrected chi connectivity index (χ2v) is 3.02. The first-order valence-corrected chi connectivity index (χ1v) is 3.61. The van der Waals surface area contributed by atoms with E-state index in [0.29, 0.717) is 6.42 Å². The first kappa shape index (κ1) is 7.00. The molecule has 0 amide bonds. The van der Waals surface area contributed by atoms with Crippen LogP contribution in [0.1, 0.15) is 32.6 Å². The highest BCUT2D eigenvalue weighted by molar-refractivity contribution is 4.96. The largest absolute Gasteiger partial charge is 0.328 e. The third-order valence-corrected chi connectivity index (χ3v) is 1.94. The highest BCUT2D eigenvalue weighted by Gasteiger charge is 2.43. The molecule has 0 radical (unpaired) electrons. The second-order valence-electron chi connectivity index (χ2n) is 3.02. The summed E-state index contributed by atoms with van der Waals surface area (Å²) < 4.78 is 12.9. The summed E-state index contributed by atoms with van der Waals surface area (Å²) in [5.41, 5.74) is 4.71. The van der Waals surface area contributed by atoms with Gasteiger partial charge in [-0.1, -0.05) is 6.92 Å². The van der Waals surface area contributed by atoms with E-state index in [4.69, 9.17) is 5.73 Å². The summed E-state index contributed by atoms with van der Waals surface area (Å²) in [6.07, 6.45) is 2.94. The van der Waals surface area contributed by atoms with Crippen molar-refractivity contribution in [1.29, 1.82) is 0 Å². The molecule has 1 fully saturated rings. The predicted molar refractivity (Wildman–Crippen MR) is 36.0 cm³/mol. The highest BCUT2D eigenvalue weighted by Crippen LogP contribution is 2.43. The molecule has 9 heavy (non-hydrogen) atoms. The summed E-state index contributed by atoms with van der Waals surface area (Å²) in [5, 5.41) is 0. The van der Waals surface area contributed by atoms with Crippen molar-refractivity contribution in [3.05, 3.63) is 0 Å². The van der Waals surface area contributed by atoms with Gasteiger partial charge in [-0.2, -0.15) is 0 Å². The van der Waals surface area contributed by atoms with E-state index in [9.17, 15) is 4.39 Å². The van der Waals surface area contributed by atoms with Crippen molar-refractivity contribution in [3.63, 3.8) is 0 Å². The molecule has 1 rings (SSSR count). The normalized spacial score (nSPS) is 25.7. The van der Waals surface area contributed by atoms with Gasteiger partial charge in [0, 0.05) is 6.04 Å². The predicted octanol–water partition coefficient (Wildman–Crippen LogP) is 1.62. The van der Waals surface area contributed by atoms with Gasteiger partial charge in [0.15, 0.2) is 0 Å². The zero-order valence-electron chi connectivity index (χ0n) is 5.86. The van der Waals surface area contributed by atoms with Gasteiger partial charge in [-0.3, -0.25) is 0 Å². The number of hydrogen-bond donors (Lipinski definition) is 1. The Labute approximate surface area is 55.4 Å². The van der Waals surface area contributed by atoms with Gasteiger partial charge in [0.25, 0.3) is 0 Å². The minimum Gasteiger partial charge on any atom is -0.328 e. The molecule has 0 aromatic carbocycles. The van der Waals surface area contributed by atoms with Crippen LogP contribution in [0.15, 0.2) is 0 Å². The van der Waals surface area contributed by atoms with E-state index in [1.807, 2.05) is 6.92 Å². The molecule has 0 heterocycles. The summed E-state index contributed by atoms with van der Waals surface area (Å²) in [6, 6.07) is 0.0810. The summed E-state index contributed by atoms with van der Waals surface area (Å²) >= 11 is 0. The van der Waals surface area contributed by atoms with Crippen molar-refractivity contribution >= 4 is 0 Å². The standard InChI is InChI=1S/C7H14FN/c1-2-6(9)5-7(8)3-4-7/h6H,2-5,9H2,1H3/t6-/m1/s1. The molecule has 0 aliphatic heterocycles. The lowest BCUT2D eigenvalue weighted by molar-refractivity contribution is 0.268. The average molecular weight is 131 g/mol. The molecule has 1 aliphatic carbocycles. The van der Waals surface area contributed by atoms with E-state index in [0.717, 1.165) is 19.3 Å². The lowest BCUT2D eigenvalue weighted by Gasteiger charge is -2.10. The molecule has 0 bridgehead atoms. The number of halogens is 1. The fourth-order valence-corrected chi connectivity index (χ4v) is 0.954. The van der Waals surface area contributed by atoms with Gasteiger partial charge in [0.2, 0.25) is 0 Å². The molecular weight excluding hydrogens is 117 g/mol. The first-order valence-electron chi connectivity index (χ1n) is 3.61. The van der Waals surface area contributed by atoms with E-state index in [2.05, 4.69) is 0 Å². The van der Waals surface area contributed by atoms with Gasteiger partial charge < -0.3 is 5.73 Å². The number of hydrogen-bond acceptors (Lipinski definition) is 1. The van der Waals surface area contributed by atoms with Gasteiger partial charge in [0.1, 0.15) is 5.67 Å². The second kappa shape index (κ2) is 2.25. The molecule has 0 aromatic rings. The van der Waals surface area contributed by atoms with Crippen LogP contribution in [0.5, 0.6) is 0 Å². The monoisotopic (exact) mass is 131 g/mol. The molecule has 1 atom stereocenters. The Bertz CT molecular complexity index is 99.1. The van der Waals surface area contributed by atoms with Gasteiger partial charge >= 0.3 is 0 Å². The van der Waals surface area contributed by atoms with E-state index in [-0.39, 0.29) is 6.04 Å². The lowest BCUT2D eigenvalue weighted by Crippen LogP contribution is -2.23. The van der Waals surface area contributed by atoms with Crippen LogP contribution in [0, 0.1) is 0 Å². The maximum Gasteiger partial charge on any atom is 0.112 e. The zero-order chi connectivity index (χ0) is 6.91. The van der Waals surface area contributed by atoms with Crippen LogP contribution in [0.4, 0.5) is 4.39 Å². The van der Waals surface area contributed by atoms with Crippen LogP contribution in [-0.4, -0.2) is 11.7 Å². The molecule has 54 valence electrons. The van der Waals surface area contributed by atoms with Crippen LogP contribution >= 0.6 is 0 Å². The number of rotatable bonds is 3. The Balaban J connectivity index is 2.17. The molecule has 0 unspecified atom stereocenters. The van der Waals surface area contributed by atoms with Crippen LogP contribution in [-0.2, 0) is 0 Å². The Morgan fingerprint density at radius 3 is 2.56 bits per heavy atom. The summed E-state index contributed by atoms with van der Waals surface area (Å²) in [5.74, 6) is 0. The first-order chi connectivity index (χ1) is 4.16. The topological polar surface area (TPSA) is 26.0 Å². The summed E-state index contributed by atoms with van der Waals surface area (Å²) in [7, 11) is 0. The Morgan fingerprint density at radius 1 is 1.67 bits per heavy atom. The quantitative estimate of drug-likeness (QED) is 0.618. The molecule has 0 aromatic heterocycles. The van der Waals surface area contributed by atoms with Crippen LogP contribution in [0.25, 0.3) is 0 Å². The Kier molecular flexibility index (Phi) is 1.75. The van der Waals surface area contributed by atoms with Crippen molar-refractivity contribution < 1.29 is 4.39 Å². The maximum absolute atomic E-state index is 12.9. The third kappa shape index (κ3) is 1.94. The smallest absolute Gasteiger partial charge is 0.112 e. The Morgan fingerprint density at radius 2 is 2.22 bits per heavy atom. The van der Waals surface area contributed by atoms with Crippen molar-refractivity contribution in [2.45, 2.75) is 44.3 Å². The molecular formula is C7H14FN. The van der Waals surface area contributed by atoms with E-state index < -0.39 is 5.67 Å². The minimum atomic E-state index is -0.852. The van der Waals surface area contributed by atoms with Crippen LogP contribution < -0.4 is 5.73 Å². The minimum absolute atomic E-state index is 0.0810. The van der Waals surface area contributed by atoms with Crippen LogP contribution in [0.3, 0.4) is 0 Å². The van der Waals surface area contributed by atoms with Gasteiger partial charge in [0.05, 0.1) is 0 Å². The fraction of sp³-hybridized carbons (Fsp3) is 1.00. The van der Waals surface area contributed by atoms with Gasteiger partial charge in [-0.25, -0.2) is 4.39 Å². The van der Waals surface area contributed by atoms with Crippen molar-refractivity contribution in [2.75, 3.05) is 0 Å². The molecule has 1 saturated carbocycles. The molecule has 2 N–H and O–H groups in total. The zero-order valence-corrected chi connectivity index (χ0v) is 5.86. The van der Waals surface area contributed by atoms with Gasteiger partial charge in [-0.15, -0.1) is 0 Å². The van der Waals surface area contributed by atoms with Crippen molar-refractivity contribution in [2.24, 2.45) is 5.73 Å². The SMILES string of the molecule is CC[C@@H](N)CC1(F)CC1. The van der Waals surface area contributed by atoms with E-state index in [1.54, 1.807) is 0 Å². The van der Waals surface area contributed by atoms with Crippen molar-refractivity contribution in [3.8, 4) is 0 Å². The third-order valence-electron chi connectivity index (χ3n) is 1.94. The summed E-state index contributed by atoms with van der Waals surface area (Å²) in [6.45, 7) is 2.00. The average Bonchev–Trinajstić information content (AvgIpc) is 2.48. The number of nitrogens with two attached hydrogens (primary N) is 1. The molecule has 0 saturated heterocycles. The lowest BCUT2D eigenvalue weighted by atomic mass is 10.1. The van der Waals surface area contributed by atoms with E-state index in [1.165, 1.54) is 0 Å². The van der Waals surface area contributed by atoms with Crippen LogP contribution in [0.2, 0.25) is 0 Å². The van der Waals surface area contributed by atoms with E-state index >= 15 is 0 Å². The summed E-state index contributed by atoms with van der Waals surface area (Å²) in [4.78, 5) is 0. The molecule has 2 heteroatoms. The molecule has 1 nitrogen and oxygen atoms in total. The van der Waals surface area contributed by atoms with Crippen molar-refractivity contribution in [1.82, 2.24) is 0 Å². The van der Waals surface area contributed by atoms with Gasteiger partial charge in [-0.05, 0) is 25.7 Å².